The van der Waals surface area contributed by atoms with Gasteiger partial charge in [0.05, 0.1) is 18.7 Å². The van der Waals surface area contributed by atoms with Crippen LogP contribution in [0.25, 0.3) is 0 Å². The average molecular weight is 393 g/mol. The van der Waals surface area contributed by atoms with Crippen molar-refractivity contribution in [3.05, 3.63) is 69.3 Å². The van der Waals surface area contributed by atoms with Crippen LogP contribution in [0.1, 0.15) is 11.1 Å². The third-order valence-corrected chi connectivity index (χ3v) is 3.17. The van der Waals surface area contributed by atoms with Crippen molar-refractivity contribution >= 4 is 0 Å². The van der Waals surface area contributed by atoms with E-state index >= 15 is 0 Å². The maximum atomic E-state index is 13.4. The largest absolute Gasteiger partial charge is 0.296 e. The van der Waals surface area contributed by atoms with Crippen LogP contribution in [0.2, 0.25) is 0 Å². The van der Waals surface area contributed by atoms with Crippen molar-refractivity contribution in [1.82, 2.24) is 5.48 Å². The SMILES string of the molecule is Fc1c(F)c(F)c(CNOCc2c(F)c(F)c(F)c(F)c2F)c(F)c1F. The van der Waals surface area contributed by atoms with E-state index < -0.39 is 82.5 Å². The molecule has 0 aliphatic heterocycles. The fraction of sp³-hybridized carbons (Fsp3) is 0.143. The van der Waals surface area contributed by atoms with Gasteiger partial charge in [0, 0.05) is 5.56 Å². The highest BCUT2D eigenvalue weighted by Gasteiger charge is 2.27. The van der Waals surface area contributed by atoms with Crippen molar-refractivity contribution in [2.24, 2.45) is 0 Å². The number of hydrogen-bond donors (Lipinski definition) is 1. The van der Waals surface area contributed by atoms with Crippen LogP contribution in [-0.2, 0) is 18.0 Å². The molecule has 0 aliphatic rings. The first-order valence-corrected chi connectivity index (χ1v) is 6.44. The van der Waals surface area contributed by atoms with Gasteiger partial charge >= 0.3 is 0 Å². The van der Waals surface area contributed by atoms with Gasteiger partial charge in [0.1, 0.15) is 0 Å². The molecule has 2 rings (SSSR count). The first-order valence-electron chi connectivity index (χ1n) is 6.44. The topological polar surface area (TPSA) is 21.3 Å². The van der Waals surface area contributed by atoms with E-state index in [-0.39, 0.29) is 0 Å². The molecule has 0 bridgehead atoms. The molecular formula is C14H5F10NO. The zero-order chi connectivity index (χ0) is 19.8. The van der Waals surface area contributed by atoms with Crippen molar-refractivity contribution in [2.45, 2.75) is 13.2 Å². The second kappa shape index (κ2) is 7.50. The zero-order valence-corrected chi connectivity index (χ0v) is 12.1. The van der Waals surface area contributed by atoms with E-state index in [4.69, 9.17) is 0 Å². The molecule has 0 spiro atoms. The monoisotopic (exact) mass is 393 g/mol. The second-order valence-electron chi connectivity index (χ2n) is 4.71. The van der Waals surface area contributed by atoms with Gasteiger partial charge < -0.3 is 0 Å². The molecule has 0 aliphatic carbocycles. The minimum Gasteiger partial charge on any atom is -0.296 e. The lowest BCUT2D eigenvalue weighted by Gasteiger charge is -2.11. The summed E-state index contributed by atoms with van der Waals surface area (Å²) in [6.07, 6.45) is 0. The van der Waals surface area contributed by atoms with E-state index in [0.29, 0.717) is 0 Å². The number of nitrogens with one attached hydrogen (secondary N) is 1. The molecule has 2 nitrogen and oxygen atoms in total. The molecule has 26 heavy (non-hydrogen) atoms. The Hall–Kier alpha value is -2.34. The lowest BCUT2D eigenvalue weighted by atomic mass is 10.1. The van der Waals surface area contributed by atoms with Crippen molar-refractivity contribution in [3.8, 4) is 0 Å². The van der Waals surface area contributed by atoms with Crippen LogP contribution in [0, 0.1) is 58.2 Å². The van der Waals surface area contributed by atoms with Gasteiger partial charge in [-0.3, -0.25) is 4.84 Å². The van der Waals surface area contributed by atoms with Gasteiger partial charge in [0.15, 0.2) is 46.5 Å². The fourth-order valence-corrected chi connectivity index (χ4v) is 1.83. The minimum atomic E-state index is -2.40. The van der Waals surface area contributed by atoms with E-state index in [0.717, 1.165) is 0 Å². The lowest BCUT2D eigenvalue weighted by molar-refractivity contribution is 0.0182. The predicted octanol–water partition coefficient (Wildman–Crippen LogP) is 4.30. The molecule has 0 saturated carbocycles. The Bertz CT molecular complexity index is 740. The van der Waals surface area contributed by atoms with Crippen LogP contribution in [0.15, 0.2) is 0 Å². The molecule has 0 atom stereocenters. The van der Waals surface area contributed by atoms with Crippen LogP contribution < -0.4 is 5.48 Å². The fourth-order valence-electron chi connectivity index (χ4n) is 1.83. The minimum absolute atomic E-state index is 1.17. The van der Waals surface area contributed by atoms with E-state index in [2.05, 4.69) is 4.84 Å². The third-order valence-electron chi connectivity index (χ3n) is 3.17. The summed E-state index contributed by atoms with van der Waals surface area (Å²) in [4.78, 5) is 4.30. The standard InChI is InChI=1S/C14H5F10NO/c15-5-3(6(16)10(20)13(23)9(5)19)1-25-26-2-4-7(17)11(21)14(24)12(22)8(4)18/h25H,1-2H2. The molecule has 0 heterocycles. The lowest BCUT2D eigenvalue weighted by Crippen LogP contribution is -2.19. The number of halogens is 10. The molecule has 0 aromatic heterocycles. The molecule has 2 aromatic rings. The van der Waals surface area contributed by atoms with Crippen LogP contribution in [0.3, 0.4) is 0 Å². The highest BCUT2D eigenvalue weighted by atomic mass is 19.2. The van der Waals surface area contributed by atoms with Gasteiger partial charge in [0.25, 0.3) is 0 Å². The Labute approximate surface area is 137 Å². The van der Waals surface area contributed by atoms with Gasteiger partial charge in [-0.25, -0.2) is 43.9 Å². The molecule has 0 radical (unpaired) electrons. The molecule has 0 amide bonds. The molecule has 1 N–H and O–H groups in total. The highest BCUT2D eigenvalue weighted by Crippen LogP contribution is 2.24. The molecule has 0 saturated heterocycles. The van der Waals surface area contributed by atoms with E-state index in [1.807, 2.05) is 0 Å². The Morgan fingerprint density at radius 1 is 0.462 bits per heavy atom. The smallest absolute Gasteiger partial charge is 0.200 e. The Morgan fingerprint density at radius 2 is 0.769 bits per heavy atom. The predicted molar refractivity (Wildman–Crippen MR) is 64.1 cm³/mol. The summed E-state index contributed by atoms with van der Waals surface area (Å²) in [6, 6.07) is 0. The van der Waals surface area contributed by atoms with Crippen LogP contribution in [0.4, 0.5) is 43.9 Å². The second-order valence-corrected chi connectivity index (χ2v) is 4.71. The van der Waals surface area contributed by atoms with Crippen LogP contribution in [0.5, 0.6) is 0 Å². The van der Waals surface area contributed by atoms with Gasteiger partial charge in [-0.15, -0.1) is 0 Å². The zero-order valence-electron chi connectivity index (χ0n) is 12.1. The van der Waals surface area contributed by atoms with Crippen molar-refractivity contribution in [3.63, 3.8) is 0 Å². The third kappa shape index (κ3) is 3.33. The van der Waals surface area contributed by atoms with Gasteiger partial charge in [0.2, 0.25) is 11.6 Å². The number of rotatable bonds is 5. The summed E-state index contributed by atoms with van der Waals surface area (Å²) >= 11 is 0. The Kier molecular flexibility index (Phi) is 5.76. The van der Waals surface area contributed by atoms with Crippen molar-refractivity contribution in [2.75, 3.05) is 0 Å². The number of hydroxylamine groups is 1. The highest BCUT2D eigenvalue weighted by molar-refractivity contribution is 5.24. The van der Waals surface area contributed by atoms with Gasteiger partial charge in [-0.1, -0.05) is 0 Å². The first-order chi connectivity index (χ1) is 12.1. The summed E-state index contributed by atoms with van der Waals surface area (Å²) in [5, 5.41) is 0. The summed E-state index contributed by atoms with van der Waals surface area (Å²) in [5.74, 6) is -22.6. The maximum Gasteiger partial charge on any atom is 0.200 e. The van der Waals surface area contributed by atoms with E-state index in [1.165, 1.54) is 0 Å². The molecule has 2 aromatic carbocycles. The molecule has 0 fully saturated rings. The molecular weight excluding hydrogens is 388 g/mol. The molecule has 0 unspecified atom stereocenters. The Morgan fingerprint density at radius 3 is 1.15 bits per heavy atom. The van der Waals surface area contributed by atoms with Gasteiger partial charge in [-0.2, -0.15) is 5.48 Å². The van der Waals surface area contributed by atoms with Crippen molar-refractivity contribution < 1.29 is 48.7 Å². The van der Waals surface area contributed by atoms with Crippen LogP contribution >= 0.6 is 0 Å². The number of benzene rings is 2. The van der Waals surface area contributed by atoms with E-state index in [1.54, 1.807) is 5.48 Å². The summed E-state index contributed by atoms with van der Waals surface area (Å²) in [6.45, 7) is -2.47. The summed E-state index contributed by atoms with van der Waals surface area (Å²) < 4.78 is 131. The normalized spacial score (nSPS) is 11.3. The Balaban J connectivity index is 2.14. The quantitative estimate of drug-likeness (QED) is 0.269. The molecule has 142 valence electrons. The first kappa shape index (κ1) is 20.0. The van der Waals surface area contributed by atoms with E-state index in [9.17, 15) is 43.9 Å². The van der Waals surface area contributed by atoms with Gasteiger partial charge in [-0.05, 0) is 0 Å². The summed E-state index contributed by atoms with van der Waals surface area (Å²) in [5.41, 5.74) is -1.17. The maximum absolute atomic E-state index is 13.4. The number of hydrogen-bond acceptors (Lipinski definition) is 2. The molecule has 12 heteroatoms. The van der Waals surface area contributed by atoms with Crippen LogP contribution in [-0.4, -0.2) is 0 Å². The van der Waals surface area contributed by atoms with Crippen molar-refractivity contribution in [1.29, 1.82) is 0 Å². The summed E-state index contributed by atoms with van der Waals surface area (Å²) in [7, 11) is 0. The average Bonchev–Trinajstić information content (AvgIpc) is 2.63.